The number of sulfone groups is 1. The Morgan fingerprint density at radius 2 is 1.85 bits per heavy atom. The lowest BCUT2D eigenvalue weighted by molar-refractivity contribution is -0.117. The molecule has 0 aromatic heterocycles. The number of benzene rings is 2. The molecule has 0 radical (unpaired) electrons. The molecule has 0 N–H and O–H groups in total. The topological polar surface area (TPSA) is 66.8 Å². The van der Waals surface area contributed by atoms with E-state index in [1.165, 1.54) is 4.90 Å². The number of nitrogens with zero attached hydrogens (tertiary/aromatic N) is 2. The summed E-state index contributed by atoms with van der Waals surface area (Å²) in [7, 11) is -3.23. The Bertz CT molecular complexity index is 1050. The van der Waals surface area contributed by atoms with E-state index in [0.29, 0.717) is 32.6 Å². The van der Waals surface area contributed by atoms with E-state index in [1.807, 2.05) is 25.1 Å². The van der Waals surface area contributed by atoms with Crippen molar-refractivity contribution >= 4 is 50.3 Å². The van der Waals surface area contributed by atoms with Crippen LogP contribution in [-0.2, 0) is 14.6 Å². The monoisotopic (exact) mass is 424 g/mol. The Kier molecular flexibility index (Phi) is 5.60. The molecule has 0 aliphatic carbocycles. The number of rotatable bonds is 4. The van der Waals surface area contributed by atoms with Crippen LogP contribution < -0.4 is 4.90 Å². The number of aryl methyl sites for hydroxylation is 1. The van der Waals surface area contributed by atoms with Gasteiger partial charge < -0.3 is 4.90 Å². The van der Waals surface area contributed by atoms with Crippen LogP contribution in [0.4, 0.5) is 5.69 Å². The van der Waals surface area contributed by atoms with Crippen LogP contribution >= 0.6 is 23.2 Å². The quantitative estimate of drug-likeness (QED) is 0.753. The first-order valence-corrected chi connectivity index (χ1v) is 11.1. The molecular weight excluding hydrogens is 407 g/mol. The van der Waals surface area contributed by atoms with Crippen LogP contribution in [0.3, 0.4) is 0 Å². The van der Waals surface area contributed by atoms with Gasteiger partial charge >= 0.3 is 0 Å². The first-order valence-electron chi connectivity index (χ1n) is 8.25. The SMILES string of the molecule is Cc1ccc(C2=NCC(=O)N(CCS(C)(=O)=O)c3ccc(Cl)cc32)c(Cl)c1. The summed E-state index contributed by atoms with van der Waals surface area (Å²) in [6, 6.07) is 10.7. The molecule has 3 rings (SSSR count). The minimum absolute atomic E-state index is 0.0523. The molecule has 2 aromatic carbocycles. The Morgan fingerprint density at radius 3 is 2.52 bits per heavy atom. The maximum Gasteiger partial charge on any atom is 0.248 e. The summed E-state index contributed by atoms with van der Waals surface area (Å²) in [5.74, 6) is -0.415. The number of hydrogen-bond donors (Lipinski definition) is 0. The highest BCUT2D eigenvalue weighted by atomic mass is 35.5. The summed E-state index contributed by atoms with van der Waals surface area (Å²) in [6.45, 7) is 1.89. The number of carbonyl (C=O) groups excluding carboxylic acids is 1. The fourth-order valence-electron chi connectivity index (χ4n) is 2.93. The van der Waals surface area contributed by atoms with E-state index in [0.717, 1.165) is 11.8 Å². The van der Waals surface area contributed by atoms with Crippen molar-refractivity contribution in [1.29, 1.82) is 0 Å². The number of halogens is 2. The van der Waals surface area contributed by atoms with Gasteiger partial charge in [0.25, 0.3) is 0 Å². The highest BCUT2D eigenvalue weighted by molar-refractivity contribution is 7.90. The first kappa shape index (κ1) is 19.9. The van der Waals surface area contributed by atoms with E-state index in [4.69, 9.17) is 23.2 Å². The lowest BCUT2D eigenvalue weighted by Crippen LogP contribution is -2.36. The molecule has 0 fully saturated rings. The zero-order valence-corrected chi connectivity index (χ0v) is 17.2. The van der Waals surface area contributed by atoms with Crippen molar-refractivity contribution in [3.8, 4) is 0 Å². The number of aliphatic imine (C=N–C) groups is 1. The second-order valence-electron chi connectivity index (χ2n) is 6.48. The van der Waals surface area contributed by atoms with Crippen molar-refractivity contribution in [2.45, 2.75) is 6.92 Å². The molecule has 1 aliphatic heterocycles. The summed E-state index contributed by atoms with van der Waals surface area (Å²) < 4.78 is 23.2. The summed E-state index contributed by atoms with van der Waals surface area (Å²) >= 11 is 12.6. The number of fused-ring (bicyclic) bond motifs is 1. The van der Waals surface area contributed by atoms with Gasteiger partial charge in [0.2, 0.25) is 5.91 Å². The van der Waals surface area contributed by atoms with E-state index in [9.17, 15) is 13.2 Å². The van der Waals surface area contributed by atoms with Crippen LogP contribution in [0, 0.1) is 6.92 Å². The third-order valence-electron chi connectivity index (χ3n) is 4.24. The fraction of sp³-hybridized carbons (Fsp3) is 0.263. The Hall–Kier alpha value is -1.89. The number of anilines is 1. The first-order chi connectivity index (χ1) is 12.7. The van der Waals surface area contributed by atoms with Crippen LogP contribution in [0.25, 0.3) is 0 Å². The number of benzodiazepines with no additional fused rings is 1. The minimum Gasteiger partial charge on any atom is -0.309 e. The van der Waals surface area contributed by atoms with Crippen molar-refractivity contribution < 1.29 is 13.2 Å². The maximum absolute atomic E-state index is 12.7. The molecule has 0 unspecified atom stereocenters. The maximum atomic E-state index is 12.7. The second kappa shape index (κ2) is 7.62. The highest BCUT2D eigenvalue weighted by Crippen LogP contribution is 2.31. The third-order valence-corrected chi connectivity index (χ3v) is 5.72. The molecule has 0 bridgehead atoms. The predicted molar refractivity (Wildman–Crippen MR) is 110 cm³/mol. The van der Waals surface area contributed by atoms with Crippen molar-refractivity contribution in [2.24, 2.45) is 4.99 Å². The van der Waals surface area contributed by atoms with Gasteiger partial charge in [-0.25, -0.2) is 8.42 Å². The van der Waals surface area contributed by atoms with E-state index < -0.39 is 9.84 Å². The Morgan fingerprint density at radius 1 is 1.11 bits per heavy atom. The number of carbonyl (C=O) groups is 1. The molecule has 0 saturated heterocycles. The van der Waals surface area contributed by atoms with Crippen molar-refractivity contribution in [1.82, 2.24) is 0 Å². The average molecular weight is 425 g/mol. The molecule has 1 aliphatic rings. The lowest BCUT2D eigenvalue weighted by atomic mass is 9.99. The van der Waals surface area contributed by atoms with Crippen LogP contribution in [0.1, 0.15) is 16.7 Å². The van der Waals surface area contributed by atoms with Gasteiger partial charge in [0, 0.05) is 29.0 Å². The van der Waals surface area contributed by atoms with Gasteiger partial charge in [-0.3, -0.25) is 9.79 Å². The van der Waals surface area contributed by atoms with E-state index in [-0.39, 0.29) is 24.7 Å². The minimum atomic E-state index is -3.23. The molecule has 27 heavy (non-hydrogen) atoms. The molecule has 2 aromatic rings. The normalized spacial score (nSPS) is 14.6. The average Bonchev–Trinajstić information content (AvgIpc) is 2.69. The lowest BCUT2D eigenvalue weighted by Gasteiger charge is -2.23. The zero-order chi connectivity index (χ0) is 19.8. The molecule has 142 valence electrons. The van der Waals surface area contributed by atoms with Gasteiger partial charge in [-0.15, -0.1) is 0 Å². The van der Waals surface area contributed by atoms with Gasteiger partial charge in [0.1, 0.15) is 16.4 Å². The standard InChI is InChI=1S/C19H18Cl2N2O3S/c1-12-3-5-14(16(21)9-12)19-15-10-13(20)4-6-17(15)23(18(24)11-22-19)7-8-27(2,25)26/h3-6,9-10H,7-8,11H2,1-2H3. The van der Waals surface area contributed by atoms with Crippen LogP contribution in [-0.4, -0.2) is 45.1 Å². The van der Waals surface area contributed by atoms with Crippen molar-refractivity contribution in [3.63, 3.8) is 0 Å². The summed E-state index contributed by atoms with van der Waals surface area (Å²) in [5.41, 5.74) is 3.49. The van der Waals surface area contributed by atoms with Gasteiger partial charge in [-0.1, -0.05) is 35.3 Å². The summed E-state index contributed by atoms with van der Waals surface area (Å²) in [5, 5.41) is 1.01. The second-order valence-corrected chi connectivity index (χ2v) is 9.59. The Balaban J connectivity index is 2.14. The van der Waals surface area contributed by atoms with Crippen LogP contribution in [0.5, 0.6) is 0 Å². The number of amides is 1. The van der Waals surface area contributed by atoms with E-state index in [2.05, 4.69) is 4.99 Å². The summed E-state index contributed by atoms with van der Waals surface area (Å²) in [6.07, 6.45) is 1.14. The van der Waals surface area contributed by atoms with Crippen molar-refractivity contribution in [3.05, 3.63) is 63.1 Å². The molecule has 1 amide bonds. The third kappa shape index (κ3) is 4.51. The smallest absolute Gasteiger partial charge is 0.248 e. The molecule has 5 nitrogen and oxygen atoms in total. The molecule has 0 saturated carbocycles. The highest BCUT2D eigenvalue weighted by Gasteiger charge is 2.27. The number of hydrogen-bond acceptors (Lipinski definition) is 4. The van der Waals surface area contributed by atoms with Crippen LogP contribution in [0.15, 0.2) is 41.4 Å². The van der Waals surface area contributed by atoms with Gasteiger partial charge in [-0.2, -0.15) is 0 Å². The van der Waals surface area contributed by atoms with Crippen LogP contribution in [0.2, 0.25) is 10.0 Å². The van der Waals surface area contributed by atoms with Gasteiger partial charge in [0.15, 0.2) is 0 Å². The van der Waals surface area contributed by atoms with Gasteiger partial charge in [-0.05, 0) is 36.8 Å². The predicted octanol–water partition coefficient (Wildman–Crippen LogP) is 3.53. The van der Waals surface area contributed by atoms with E-state index >= 15 is 0 Å². The fourth-order valence-corrected chi connectivity index (χ4v) is 3.94. The molecular formula is C19H18Cl2N2O3S. The summed E-state index contributed by atoms with van der Waals surface area (Å²) in [4.78, 5) is 18.6. The molecule has 0 spiro atoms. The Labute approximate surface area is 168 Å². The van der Waals surface area contributed by atoms with Gasteiger partial charge in [0.05, 0.1) is 22.2 Å². The largest absolute Gasteiger partial charge is 0.309 e. The zero-order valence-electron chi connectivity index (χ0n) is 14.9. The molecule has 1 heterocycles. The van der Waals surface area contributed by atoms with E-state index in [1.54, 1.807) is 18.2 Å². The molecule has 8 heteroatoms. The van der Waals surface area contributed by atoms with Crippen molar-refractivity contribution in [2.75, 3.05) is 30.0 Å². The molecule has 0 atom stereocenters.